The van der Waals surface area contributed by atoms with Gasteiger partial charge in [-0.15, -0.1) is 0 Å². The smallest absolute Gasteiger partial charge is 0.0323 e. The van der Waals surface area contributed by atoms with Crippen molar-refractivity contribution >= 4 is 0 Å². The summed E-state index contributed by atoms with van der Waals surface area (Å²) >= 11 is 0. The van der Waals surface area contributed by atoms with E-state index in [1.165, 1.54) is 57.9 Å². The number of rotatable bonds is 8. The molecule has 0 bridgehead atoms. The first-order valence-electron chi connectivity index (χ1n) is 8.98. The molecule has 1 N–H and O–H groups in total. The number of nitrogens with one attached hydrogen (secondary N) is 1. The minimum absolute atomic E-state index is 0.342. The van der Waals surface area contributed by atoms with Gasteiger partial charge in [-0.25, -0.2) is 0 Å². The first-order valence-corrected chi connectivity index (χ1v) is 8.98. The molecule has 21 heavy (non-hydrogen) atoms. The monoisotopic (exact) mass is 287 g/mol. The maximum Gasteiger partial charge on any atom is 0.0323 e. The summed E-state index contributed by atoms with van der Waals surface area (Å²) in [5.41, 5.74) is 3.44. The highest BCUT2D eigenvalue weighted by Crippen LogP contribution is 2.41. The Hall–Kier alpha value is -0.820. The first-order chi connectivity index (χ1) is 10.1. The number of hydrogen-bond donors (Lipinski definition) is 1. The molecule has 2 rings (SSSR count). The van der Waals surface area contributed by atoms with Crippen molar-refractivity contribution in [3.05, 3.63) is 35.4 Å². The fraction of sp³-hybridized carbons (Fsp3) is 0.700. The van der Waals surface area contributed by atoms with E-state index in [9.17, 15) is 0 Å². The van der Waals surface area contributed by atoms with E-state index in [0.717, 1.165) is 0 Å². The second kappa shape index (κ2) is 7.98. The fourth-order valence-corrected chi connectivity index (χ4v) is 3.61. The zero-order chi connectivity index (χ0) is 15.1. The summed E-state index contributed by atoms with van der Waals surface area (Å²) in [4.78, 5) is 0. The highest BCUT2D eigenvalue weighted by atomic mass is 14.9. The van der Waals surface area contributed by atoms with Crippen LogP contribution in [0, 0.1) is 0 Å². The largest absolute Gasteiger partial charge is 0.310 e. The molecule has 1 atom stereocenters. The summed E-state index contributed by atoms with van der Waals surface area (Å²) in [5, 5.41) is 3.81. The lowest BCUT2D eigenvalue weighted by Crippen LogP contribution is -2.33. The van der Waals surface area contributed by atoms with Crippen molar-refractivity contribution in [1.82, 2.24) is 5.32 Å². The maximum atomic E-state index is 3.81. The molecule has 1 nitrogen and oxygen atoms in total. The summed E-state index contributed by atoms with van der Waals surface area (Å²) in [6.07, 6.45) is 10.8. The lowest BCUT2D eigenvalue weighted by molar-refractivity contribution is 0.356. The zero-order valence-corrected chi connectivity index (χ0v) is 14.3. The van der Waals surface area contributed by atoms with Crippen LogP contribution in [0.5, 0.6) is 0 Å². The maximum absolute atomic E-state index is 3.81. The molecular formula is C20H33N. The Morgan fingerprint density at radius 3 is 2.57 bits per heavy atom. The van der Waals surface area contributed by atoms with E-state index in [0.29, 0.717) is 11.5 Å². The molecule has 0 fully saturated rings. The molecule has 0 spiro atoms. The molecule has 0 amide bonds. The molecule has 1 aromatic carbocycles. The highest BCUT2D eigenvalue weighted by Gasteiger charge is 2.31. The lowest BCUT2D eigenvalue weighted by Gasteiger charge is -2.37. The van der Waals surface area contributed by atoms with Crippen LogP contribution < -0.4 is 5.32 Å². The van der Waals surface area contributed by atoms with Gasteiger partial charge in [0.1, 0.15) is 0 Å². The third-order valence-electron chi connectivity index (χ3n) is 5.04. The minimum Gasteiger partial charge on any atom is -0.310 e. The molecule has 0 saturated heterocycles. The van der Waals surface area contributed by atoms with Crippen molar-refractivity contribution in [3.63, 3.8) is 0 Å². The van der Waals surface area contributed by atoms with Gasteiger partial charge in [-0.2, -0.15) is 0 Å². The van der Waals surface area contributed by atoms with Crippen LogP contribution >= 0.6 is 0 Å². The van der Waals surface area contributed by atoms with Crippen molar-refractivity contribution in [3.8, 4) is 0 Å². The summed E-state index contributed by atoms with van der Waals surface area (Å²) < 4.78 is 0. The quantitative estimate of drug-likeness (QED) is 0.600. The topological polar surface area (TPSA) is 12.0 Å². The second-order valence-electron chi connectivity index (χ2n) is 7.28. The Kier molecular flexibility index (Phi) is 6.29. The Morgan fingerprint density at radius 2 is 1.76 bits per heavy atom. The number of unbranched alkanes of at least 4 members (excludes halogenated alkanes) is 5. The second-order valence-corrected chi connectivity index (χ2v) is 7.28. The number of hydrogen-bond acceptors (Lipinski definition) is 1. The fourth-order valence-electron chi connectivity index (χ4n) is 3.61. The molecule has 1 heteroatoms. The summed E-state index contributed by atoms with van der Waals surface area (Å²) in [5.74, 6) is 0. The Bertz CT molecular complexity index is 422. The van der Waals surface area contributed by atoms with Crippen LogP contribution in [0.15, 0.2) is 24.3 Å². The average Bonchev–Trinajstić information content (AvgIpc) is 2.49. The van der Waals surface area contributed by atoms with Crippen molar-refractivity contribution < 1.29 is 0 Å². The summed E-state index contributed by atoms with van der Waals surface area (Å²) in [6, 6.07) is 9.62. The Labute approximate surface area is 131 Å². The number of benzene rings is 1. The molecule has 1 aromatic rings. The summed E-state index contributed by atoms with van der Waals surface area (Å²) in [7, 11) is 0. The molecule has 1 unspecified atom stereocenters. The van der Waals surface area contributed by atoms with Gasteiger partial charge in [0.25, 0.3) is 0 Å². The van der Waals surface area contributed by atoms with Gasteiger partial charge in [-0.1, -0.05) is 77.1 Å². The van der Waals surface area contributed by atoms with Crippen molar-refractivity contribution in [2.75, 3.05) is 6.54 Å². The van der Waals surface area contributed by atoms with Gasteiger partial charge in [0.15, 0.2) is 0 Å². The molecule has 1 aliphatic carbocycles. The number of fused-ring (bicyclic) bond motifs is 1. The van der Waals surface area contributed by atoms with Crippen LogP contribution in [0.4, 0.5) is 0 Å². The van der Waals surface area contributed by atoms with Gasteiger partial charge >= 0.3 is 0 Å². The van der Waals surface area contributed by atoms with Gasteiger partial charge in [0.05, 0.1) is 0 Å². The Morgan fingerprint density at radius 1 is 1.05 bits per heavy atom. The Balaban J connectivity index is 1.80. The van der Waals surface area contributed by atoms with Crippen LogP contribution in [0.2, 0.25) is 0 Å². The predicted molar refractivity (Wildman–Crippen MR) is 92.8 cm³/mol. The molecule has 0 heterocycles. The molecule has 0 aromatic heterocycles. The van der Waals surface area contributed by atoms with E-state index in [1.807, 2.05) is 0 Å². The molecule has 0 radical (unpaired) electrons. The van der Waals surface area contributed by atoms with E-state index in [-0.39, 0.29) is 0 Å². The van der Waals surface area contributed by atoms with E-state index >= 15 is 0 Å². The van der Waals surface area contributed by atoms with Crippen LogP contribution in [-0.2, 0) is 5.41 Å². The minimum atomic E-state index is 0.342. The molecule has 1 aliphatic rings. The van der Waals surface area contributed by atoms with E-state index < -0.39 is 0 Å². The third-order valence-corrected chi connectivity index (χ3v) is 5.04. The standard InChI is InChI=1S/C20H33N/c1-4-5-6-7-8-11-16-21-19-14-15-20(2,3)18-13-10-9-12-17(18)19/h9-10,12-13,19,21H,4-8,11,14-16H2,1-3H3. The van der Waals surface area contributed by atoms with Gasteiger partial charge in [-0.3, -0.25) is 0 Å². The van der Waals surface area contributed by atoms with E-state index in [1.54, 1.807) is 11.1 Å². The van der Waals surface area contributed by atoms with Crippen LogP contribution in [-0.4, -0.2) is 6.54 Å². The van der Waals surface area contributed by atoms with Crippen LogP contribution in [0.25, 0.3) is 0 Å². The predicted octanol–water partition coefficient (Wildman–Crippen LogP) is 5.75. The average molecular weight is 287 g/mol. The van der Waals surface area contributed by atoms with Gasteiger partial charge < -0.3 is 5.32 Å². The van der Waals surface area contributed by atoms with Crippen molar-refractivity contribution in [2.45, 2.75) is 83.6 Å². The van der Waals surface area contributed by atoms with E-state index in [4.69, 9.17) is 0 Å². The molecule has 118 valence electrons. The van der Waals surface area contributed by atoms with Crippen LogP contribution in [0.3, 0.4) is 0 Å². The zero-order valence-electron chi connectivity index (χ0n) is 14.3. The van der Waals surface area contributed by atoms with Gasteiger partial charge in [-0.05, 0) is 42.3 Å². The molecular weight excluding hydrogens is 254 g/mol. The SMILES string of the molecule is CCCCCCCCNC1CCC(C)(C)c2ccccc21. The van der Waals surface area contributed by atoms with Crippen LogP contribution in [0.1, 0.15) is 89.3 Å². The first kappa shape index (κ1) is 16.5. The van der Waals surface area contributed by atoms with Crippen molar-refractivity contribution in [1.29, 1.82) is 0 Å². The summed E-state index contributed by atoms with van der Waals surface area (Å²) in [6.45, 7) is 8.22. The third kappa shape index (κ3) is 4.57. The highest BCUT2D eigenvalue weighted by molar-refractivity contribution is 5.38. The normalized spacial score (nSPS) is 20.2. The molecule has 0 saturated carbocycles. The van der Waals surface area contributed by atoms with E-state index in [2.05, 4.69) is 50.4 Å². The van der Waals surface area contributed by atoms with Gasteiger partial charge in [0, 0.05) is 6.04 Å². The molecule has 0 aliphatic heterocycles. The lowest BCUT2D eigenvalue weighted by atomic mass is 9.71. The van der Waals surface area contributed by atoms with Gasteiger partial charge in [0.2, 0.25) is 0 Å². The van der Waals surface area contributed by atoms with Crippen molar-refractivity contribution in [2.24, 2.45) is 0 Å².